The van der Waals surface area contributed by atoms with E-state index < -0.39 is 30.2 Å². The molecule has 6 atom stereocenters. The number of imidazole rings is 1. The Labute approximate surface area is 399 Å². The fraction of sp³-hybridized carbons (Fsp3) is 0.500. The lowest BCUT2D eigenvalue weighted by molar-refractivity contribution is -0.139. The first-order chi connectivity index (χ1) is 32.8. The van der Waals surface area contributed by atoms with Gasteiger partial charge in [0.2, 0.25) is 11.8 Å². The predicted octanol–water partition coefficient (Wildman–Crippen LogP) is 8.34. The molecule has 0 radical (unpaired) electrons. The van der Waals surface area contributed by atoms with Crippen LogP contribution in [0.1, 0.15) is 109 Å². The molecule has 2 bridgehead atoms. The number of amides is 4. The largest absolute Gasteiger partial charge is 0.453 e. The van der Waals surface area contributed by atoms with Gasteiger partial charge in [-0.2, -0.15) is 8.78 Å². The number of aromatic nitrogens is 2. The van der Waals surface area contributed by atoms with E-state index in [9.17, 15) is 24.0 Å². The molecule has 4 aromatic rings. The van der Waals surface area contributed by atoms with Crippen LogP contribution in [0.15, 0.2) is 64.6 Å². The number of aliphatic imine (C=N–C) groups is 2. The van der Waals surface area contributed by atoms with Crippen LogP contribution in [0.3, 0.4) is 0 Å². The average Bonchev–Trinajstić information content (AvgIpc) is 3.98. The molecule has 3 N–H and O–H groups in total. The summed E-state index contributed by atoms with van der Waals surface area (Å²) in [5.41, 5.74) is 4.67. The maximum absolute atomic E-state index is 16.7. The van der Waals surface area contributed by atoms with Crippen LogP contribution in [0.25, 0.3) is 33.3 Å². The van der Waals surface area contributed by atoms with Crippen LogP contribution in [0.4, 0.5) is 18.4 Å². The minimum atomic E-state index is -3.29. The van der Waals surface area contributed by atoms with Gasteiger partial charge in [-0.1, -0.05) is 58.0 Å². The number of carbonyl (C=O) groups excluding carboxylic acids is 5. The Morgan fingerprint density at radius 1 is 0.797 bits per heavy atom. The molecule has 4 heterocycles. The molecule has 6 aliphatic rings. The number of piperidine rings is 1. The fourth-order valence-electron chi connectivity index (χ4n) is 11.1. The average molecular weight is 947 g/mol. The van der Waals surface area contributed by atoms with E-state index in [4.69, 9.17) is 24.4 Å². The Balaban J connectivity index is 0.00000143. The number of ketones is 1. The van der Waals surface area contributed by atoms with E-state index in [1.165, 1.54) is 34.1 Å². The lowest BCUT2D eigenvalue weighted by Crippen LogP contribution is -2.54. The molecule has 4 amide bonds. The number of alkyl carbamates (subject to hydrolysis) is 2. The van der Waals surface area contributed by atoms with Gasteiger partial charge >= 0.3 is 12.2 Å². The zero-order valence-corrected chi connectivity index (χ0v) is 40.3. The SMILES string of the molecule is CC(C)=O.COC(=O)N[C@H](C(=O)N1C(c2nc3ccc(-c4ccc5c(c4)C(F)(F)c4cc(C6=NC([C@@H]7CC8(CC8)CN7C(=O)[C@H](NC(=O)OC)C(C)C)=NC6)ccc4-5)cc3[nH]2)[C@H]2CC[C@@H]1C2)C(C)C. The molecule has 364 valence electrons. The Morgan fingerprint density at radius 3 is 1.99 bits per heavy atom. The summed E-state index contributed by atoms with van der Waals surface area (Å²) in [6, 6.07) is 13.8. The van der Waals surface area contributed by atoms with Crippen molar-refractivity contribution in [1.82, 2.24) is 30.4 Å². The predicted molar refractivity (Wildman–Crippen MR) is 256 cm³/mol. The van der Waals surface area contributed by atoms with E-state index >= 15 is 8.78 Å². The maximum atomic E-state index is 16.7. The van der Waals surface area contributed by atoms with Crippen molar-refractivity contribution in [3.63, 3.8) is 0 Å². The minimum Gasteiger partial charge on any atom is -0.453 e. The summed E-state index contributed by atoms with van der Waals surface area (Å²) in [7, 11) is 2.54. The number of benzene rings is 3. The topological polar surface area (TPSA) is 188 Å². The lowest BCUT2D eigenvalue weighted by Gasteiger charge is -2.37. The minimum absolute atomic E-state index is 0.00406. The number of likely N-dealkylation sites (tertiary alicyclic amines) is 2. The number of nitrogens with zero attached hydrogens (tertiary/aromatic N) is 5. The third-order valence-corrected chi connectivity index (χ3v) is 14.8. The first-order valence-corrected chi connectivity index (χ1v) is 23.9. The lowest BCUT2D eigenvalue weighted by atomic mass is 9.95. The summed E-state index contributed by atoms with van der Waals surface area (Å²) in [6.07, 6.45) is 4.09. The second-order valence-corrected chi connectivity index (χ2v) is 20.4. The summed E-state index contributed by atoms with van der Waals surface area (Å²) in [4.78, 5) is 83.6. The van der Waals surface area contributed by atoms with Gasteiger partial charge in [-0.05, 0) is 128 Å². The zero-order chi connectivity index (χ0) is 49.3. The molecule has 4 fully saturated rings. The maximum Gasteiger partial charge on any atom is 0.407 e. The van der Waals surface area contributed by atoms with Gasteiger partial charge in [-0.15, -0.1) is 0 Å². The van der Waals surface area contributed by atoms with Crippen molar-refractivity contribution in [2.24, 2.45) is 33.2 Å². The number of aromatic amines is 1. The summed E-state index contributed by atoms with van der Waals surface area (Å²) in [6.45, 7) is 11.3. The second kappa shape index (κ2) is 18.1. The number of halogens is 2. The normalized spacial score (nSPS) is 23.0. The number of fused-ring (bicyclic) bond motifs is 6. The molecule has 3 aromatic carbocycles. The molecule has 10 rings (SSSR count). The van der Waals surface area contributed by atoms with Gasteiger partial charge in [0, 0.05) is 23.7 Å². The molecular weight excluding hydrogens is 887 g/mol. The van der Waals surface area contributed by atoms with Crippen molar-refractivity contribution in [2.75, 3.05) is 27.3 Å². The number of Topliss-reactive ketones (excluding diaryl/α,β-unsaturated/α-hetero) is 1. The highest BCUT2D eigenvalue weighted by Gasteiger charge is 2.56. The Morgan fingerprint density at radius 2 is 1.38 bits per heavy atom. The van der Waals surface area contributed by atoms with Crippen LogP contribution in [-0.4, -0.2) is 113 Å². The number of rotatable bonds is 10. The summed E-state index contributed by atoms with van der Waals surface area (Å²) < 4.78 is 43.0. The van der Waals surface area contributed by atoms with E-state index in [0.29, 0.717) is 58.1 Å². The molecule has 17 heteroatoms. The van der Waals surface area contributed by atoms with Gasteiger partial charge < -0.3 is 39.7 Å². The highest BCUT2D eigenvalue weighted by atomic mass is 19.3. The van der Waals surface area contributed by atoms with Crippen molar-refractivity contribution >= 4 is 52.4 Å². The molecule has 3 aliphatic heterocycles. The monoisotopic (exact) mass is 946 g/mol. The number of alkyl halides is 2. The van der Waals surface area contributed by atoms with Crippen molar-refractivity contribution in [1.29, 1.82) is 0 Å². The van der Waals surface area contributed by atoms with Gasteiger partial charge in [0.1, 0.15) is 29.5 Å². The van der Waals surface area contributed by atoms with Crippen LogP contribution < -0.4 is 10.6 Å². The molecule has 1 spiro atoms. The highest BCUT2D eigenvalue weighted by molar-refractivity contribution is 6.15. The second-order valence-electron chi connectivity index (χ2n) is 20.4. The third-order valence-electron chi connectivity index (χ3n) is 14.8. The van der Waals surface area contributed by atoms with Crippen molar-refractivity contribution in [2.45, 2.75) is 116 Å². The molecule has 3 aliphatic carbocycles. The van der Waals surface area contributed by atoms with Gasteiger partial charge in [0.15, 0.2) is 0 Å². The van der Waals surface area contributed by atoms with Crippen molar-refractivity contribution in [3.05, 3.63) is 77.1 Å². The number of hydrogen-bond donors (Lipinski definition) is 3. The van der Waals surface area contributed by atoms with E-state index in [0.717, 1.165) is 43.2 Å². The Kier molecular flexibility index (Phi) is 12.5. The zero-order valence-electron chi connectivity index (χ0n) is 40.3. The highest BCUT2D eigenvalue weighted by Crippen LogP contribution is 2.56. The number of nitrogens with one attached hydrogen (secondary N) is 3. The van der Waals surface area contributed by atoms with Crippen molar-refractivity contribution < 1.29 is 42.2 Å². The van der Waals surface area contributed by atoms with Crippen LogP contribution in [0, 0.1) is 23.2 Å². The summed E-state index contributed by atoms with van der Waals surface area (Å²) in [5, 5.41) is 5.43. The first kappa shape index (κ1) is 47.5. The smallest absolute Gasteiger partial charge is 0.407 e. The van der Waals surface area contributed by atoms with Crippen molar-refractivity contribution in [3.8, 4) is 22.3 Å². The number of carbonyl (C=O) groups is 5. The first-order valence-electron chi connectivity index (χ1n) is 23.9. The number of methoxy groups -OCH3 is 2. The molecular formula is C52H60F2N8O7. The number of ether oxygens (including phenoxy) is 2. The van der Waals surface area contributed by atoms with E-state index in [1.54, 1.807) is 23.1 Å². The Hall–Kier alpha value is -6.52. The Bertz CT molecular complexity index is 2810. The molecule has 15 nitrogen and oxygen atoms in total. The fourth-order valence-corrected chi connectivity index (χ4v) is 11.1. The molecule has 2 saturated carbocycles. The van der Waals surface area contributed by atoms with Gasteiger partial charge in [-0.25, -0.2) is 19.6 Å². The van der Waals surface area contributed by atoms with Crippen LogP contribution >= 0.6 is 0 Å². The molecule has 2 saturated heterocycles. The number of H-pyrrole nitrogens is 1. The van der Waals surface area contributed by atoms with Gasteiger partial charge in [0.25, 0.3) is 5.92 Å². The number of amidine groups is 1. The summed E-state index contributed by atoms with van der Waals surface area (Å²) in [5.74, 6) is -2.44. The van der Waals surface area contributed by atoms with Crippen LogP contribution in [-0.2, 0) is 29.8 Å². The summed E-state index contributed by atoms with van der Waals surface area (Å²) >= 11 is 0. The van der Waals surface area contributed by atoms with Crippen LogP contribution in [0.2, 0.25) is 0 Å². The molecule has 69 heavy (non-hydrogen) atoms. The van der Waals surface area contributed by atoms with Crippen LogP contribution in [0.5, 0.6) is 0 Å². The van der Waals surface area contributed by atoms with E-state index in [1.807, 2.05) is 62.9 Å². The molecule has 1 aromatic heterocycles. The molecule has 1 unspecified atom stereocenters. The van der Waals surface area contributed by atoms with E-state index in [2.05, 4.69) is 15.6 Å². The quantitative estimate of drug-likeness (QED) is 0.142. The standard InChI is InChI=1S/C49H54F2N8O6.C3H6O/c1-24(2)39(56-46(62)64-5)44(60)58-23-48(15-16-48)21-38(58)42-52-22-37(55-42)28-9-13-32-31-12-8-26(18-33(31)49(50,51)34(32)19-28)27-10-14-35-36(20-27)54-43(53-35)41-29-7-11-30(17-29)59(41)45(61)40(25(3)4)57-47(63)65-6;1-3(2)4/h8-10,12-14,18-20,24-25,29-30,38-41H,7,11,15-17,21-23H2,1-6H3,(H,53,54)(H,56,62)(H,57,63);1-2H3/t29-,30+,38-,39+,40-,41?;/m0./s1. The van der Waals surface area contributed by atoms with E-state index in [-0.39, 0.29) is 76.6 Å². The van der Waals surface area contributed by atoms with Gasteiger partial charge in [-0.3, -0.25) is 14.6 Å². The van der Waals surface area contributed by atoms with Gasteiger partial charge in [0.05, 0.1) is 49.6 Å². The third kappa shape index (κ3) is 8.77. The number of hydrogen-bond acceptors (Lipinski definition) is 10.